The number of nitrogens with zero attached hydrogens (tertiary/aromatic N) is 2. The molecule has 1 N–H and O–H groups in total. The lowest BCUT2D eigenvalue weighted by Crippen LogP contribution is -2.49. The Kier molecular flexibility index (Phi) is 4.20. The van der Waals surface area contributed by atoms with Gasteiger partial charge in [0.15, 0.2) is 5.54 Å². The lowest BCUT2D eigenvalue weighted by Gasteiger charge is -2.35. The van der Waals surface area contributed by atoms with Crippen LogP contribution >= 0.6 is 0 Å². The van der Waals surface area contributed by atoms with Gasteiger partial charge in [0.2, 0.25) is 6.41 Å². The van der Waals surface area contributed by atoms with Crippen molar-refractivity contribution < 1.29 is 14.7 Å². The standard InChI is InChI=1S/C12H16N2O3/c1-3-7-14(9-15)12(2,11(16)17)10-5-4-6-13-8-10/h4-6,8-9H,3,7H2,1-2H3,(H,16,17). The topological polar surface area (TPSA) is 70.5 Å². The first-order valence-corrected chi connectivity index (χ1v) is 5.43. The van der Waals surface area contributed by atoms with E-state index in [4.69, 9.17) is 0 Å². The zero-order chi connectivity index (χ0) is 12.9. The van der Waals surface area contributed by atoms with Crippen LogP contribution in [0.4, 0.5) is 0 Å². The molecular formula is C12H16N2O3. The lowest BCUT2D eigenvalue weighted by atomic mass is 9.91. The Morgan fingerprint density at radius 1 is 1.65 bits per heavy atom. The molecule has 1 atom stereocenters. The molecule has 0 aliphatic heterocycles. The number of carboxylic acids is 1. The first kappa shape index (κ1) is 13.2. The van der Waals surface area contributed by atoms with Crippen LogP contribution in [0, 0.1) is 0 Å². The molecule has 1 aromatic rings. The van der Waals surface area contributed by atoms with Crippen LogP contribution in [0.1, 0.15) is 25.8 Å². The summed E-state index contributed by atoms with van der Waals surface area (Å²) in [5.41, 5.74) is -0.875. The van der Waals surface area contributed by atoms with Crippen LogP contribution in [0.3, 0.4) is 0 Å². The molecule has 0 radical (unpaired) electrons. The Morgan fingerprint density at radius 2 is 2.35 bits per heavy atom. The van der Waals surface area contributed by atoms with Crippen molar-refractivity contribution in [3.63, 3.8) is 0 Å². The van der Waals surface area contributed by atoms with E-state index in [0.717, 1.165) is 0 Å². The summed E-state index contributed by atoms with van der Waals surface area (Å²) in [6.45, 7) is 3.79. The van der Waals surface area contributed by atoms with Gasteiger partial charge in [-0.3, -0.25) is 9.78 Å². The normalized spacial score (nSPS) is 13.8. The molecule has 17 heavy (non-hydrogen) atoms. The van der Waals surface area contributed by atoms with E-state index in [1.807, 2.05) is 6.92 Å². The summed E-state index contributed by atoms with van der Waals surface area (Å²) in [6.07, 6.45) is 4.31. The number of carbonyl (C=O) groups excluding carboxylic acids is 1. The summed E-state index contributed by atoms with van der Waals surface area (Å²) in [6, 6.07) is 3.32. The van der Waals surface area contributed by atoms with Crippen molar-refractivity contribution in [2.45, 2.75) is 25.8 Å². The first-order valence-electron chi connectivity index (χ1n) is 5.43. The predicted molar refractivity (Wildman–Crippen MR) is 62.3 cm³/mol. The lowest BCUT2D eigenvalue weighted by molar-refractivity contribution is -0.154. The van der Waals surface area contributed by atoms with Crippen molar-refractivity contribution in [1.29, 1.82) is 0 Å². The Hall–Kier alpha value is -1.91. The molecule has 92 valence electrons. The monoisotopic (exact) mass is 236 g/mol. The van der Waals surface area contributed by atoms with Gasteiger partial charge in [0.05, 0.1) is 0 Å². The maximum absolute atomic E-state index is 11.5. The van der Waals surface area contributed by atoms with Gasteiger partial charge in [0.1, 0.15) is 0 Å². The third kappa shape index (κ3) is 2.43. The van der Waals surface area contributed by atoms with Crippen LogP contribution < -0.4 is 0 Å². The third-order valence-corrected chi connectivity index (χ3v) is 2.81. The van der Waals surface area contributed by atoms with E-state index < -0.39 is 11.5 Å². The molecule has 0 bridgehead atoms. The van der Waals surface area contributed by atoms with E-state index in [-0.39, 0.29) is 0 Å². The van der Waals surface area contributed by atoms with E-state index in [1.54, 1.807) is 18.3 Å². The zero-order valence-corrected chi connectivity index (χ0v) is 9.96. The van der Waals surface area contributed by atoms with E-state index in [0.29, 0.717) is 24.9 Å². The van der Waals surface area contributed by atoms with Crippen molar-refractivity contribution in [1.82, 2.24) is 9.88 Å². The van der Waals surface area contributed by atoms with E-state index in [2.05, 4.69) is 4.98 Å². The molecule has 1 aromatic heterocycles. The van der Waals surface area contributed by atoms with Crippen molar-refractivity contribution in [2.24, 2.45) is 0 Å². The Balaban J connectivity index is 3.22. The highest BCUT2D eigenvalue weighted by molar-refractivity contribution is 5.82. The number of aromatic nitrogens is 1. The largest absolute Gasteiger partial charge is 0.479 e. The van der Waals surface area contributed by atoms with Gasteiger partial charge in [-0.2, -0.15) is 0 Å². The molecule has 0 fully saturated rings. The molecule has 5 heteroatoms. The van der Waals surface area contributed by atoms with Crippen LogP contribution in [0.15, 0.2) is 24.5 Å². The van der Waals surface area contributed by atoms with Crippen LogP contribution in [0.5, 0.6) is 0 Å². The predicted octanol–water partition coefficient (Wildman–Crippen LogP) is 1.25. The highest BCUT2D eigenvalue weighted by atomic mass is 16.4. The second-order valence-corrected chi connectivity index (χ2v) is 3.92. The van der Waals surface area contributed by atoms with Crippen molar-refractivity contribution in [3.05, 3.63) is 30.1 Å². The molecule has 0 saturated heterocycles. The Bertz CT molecular complexity index is 394. The minimum absolute atomic E-state index is 0.390. The molecule has 1 amide bonds. The van der Waals surface area contributed by atoms with Crippen LogP contribution in [0.25, 0.3) is 0 Å². The SMILES string of the molecule is CCCN(C=O)C(C)(C(=O)O)c1cccnc1. The smallest absolute Gasteiger partial charge is 0.334 e. The molecule has 0 aliphatic rings. The molecule has 1 heterocycles. The van der Waals surface area contributed by atoms with Gasteiger partial charge >= 0.3 is 5.97 Å². The van der Waals surface area contributed by atoms with Crippen molar-refractivity contribution in [3.8, 4) is 0 Å². The molecule has 1 rings (SSSR count). The zero-order valence-electron chi connectivity index (χ0n) is 9.96. The molecule has 5 nitrogen and oxygen atoms in total. The summed E-state index contributed by atoms with van der Waals surface area (Å²) in [7, 11) is 0. The Labute approximate surface area is 100 Å². The minimum atomic E-state index is -1.37. The molecular weight excluding hydrogens is 220 g/mol. The second-order valence-electron chi connectivity index (χ2n) is 3.92. The van der Waals surface area contributed by atoms with E-state index in [9.17, 15) is 14.7 Å². The summed E-state index contributed by atoms with van der Waals surface area (Å²) >= 11 is 0. The highest BCUT2D eigenvalue weighted by Crippen LogP contribution is 2.27. The number of carbonyl (C=O) groups is 2. The molecule has 1 unspecified atom stereocenters. The number of hydrogen-bond acceptors (Lipinski definition) is 3. The summed E-state index contributed by atoms with van der Waals surface area (Å²) in [5, 5.41) is 9.39. The number of carboxylic acid groups (broad SMARTS) is 1. The number of rotatable bonds is 6. The second kappa shape index (κ2) is 5.43. The fraction of sp³-hybridized carbons (Fsp3) is 0.417. The van der Waals surface area contributed by atoms with Crippen molar-refractivity contribution in [2.75, 3.05) is 6.54 Å². The van der Waals surface area contributed by atoms with Crippen LogP contribution in [-0.2, 0) is 15.1 Å². The average Bonchev–Trinajstić information content (AvgIpc) is 2.35. The summed E-state index contributed by atoms with van der Waals surface area (Å²) in [5.74, 6) is -1.06. The van der Waals surface area contributed by atoms with Gasteiger partial charge in [0.25, 0.3) is 0 Å². The maximum Gasteiger partial charge on any atom is 0.334 e. The number of pyridine rings is 1. The van der Waals surface area contributed by atoms with Gasteiger partial charge in [-0.05, 0) is 19.4 Å². The van der Waals surface area contributed by atoms with Gasteiger partial charge < -0.3 is 10.0 Å². The number of hydrogen-bond donors (Lipinski definition) is 1. The van der Waals surface area contributed by atoms with Gasteiger partial charge in [-0.15, -0.1) is 0 Å². The minimum Gasteiger partial charge on any atom is -0.479 e. The fourth-order valence-corrected chi connectivity index (χ4v) is 1.69. The molecule has 0 aliphatic carbocycles. The summed E-state index contributed by atoms with van der Waals surface area (Å²) in [4.78, 5) is 27.7. The quantitative estimate of drug-likeness (QED) is 0.754. The Morgan fingerprint density at radius 3 is 2.76 bits per heavy atom. The average molecular weight is 236 g/mol. The van der Waals surface area contributed by atoms with E-state index in [1.165, 1.54) is 18.0 Å². The van der Waals surface area contributed by atoms with Crippen molar-refractivity contribution >= 4 is 12.4 Å². The number of amides is 1. The van der Waals surface area contributed by atoms with Gasteiger partial charge in [-0.1, -0.05) is 13.0 Å². The van der Waals surface area contributed by atoms with Gasteiger partial charge in [-0.25, -0.2) is 4.79 Å². The third-order valence-electron chi connectivity index (χ3n) is 2.81. The summed E-state index contributed by atoms with van der Waals surface area (Å²) < 4.78 is 0. The molecule has 0 saturated carbocycles. The first-order chi connectivity index (χ1) is 8.07. The van der Waals surface area contributed by atoms with Crippen LogP contribution in [0.2, 0.25) is 0 Å². The molecule has 0 spiro atoms. The number of aliphatic carboxylic acids is 1. The van der Waals surface area contributed by atoms with Gasteiger partial charge in [0, 0.05) is 24.5 Å². The molecule has 0 aromatic carbocycles. The maximum atomic E-state index is 11.5. The highest BCUT2D eigenvalue weighted by Gasteiger charge is 2.40. The van der Waals surface area contributed by atoms with E-state index >= 15 is 0 Å². The fourth-order valence-electron chi connectivity index (χ4n) is 1.69. The van der Waals surface area contributed by atoms with Crippen LogP contribution in [-0.4, -0.2) is 33.9 Å².